The first kappa shape index (κ1) is 12.2. The monoisotopic (exact) mass is 183 g/mol. The molecule has 0 aromatic heterocycles. The highest BCUT2D eigenvalue weighted by Gasteiger charge is 1.88. The van der Waals surface area contributed by atoms with Gasteiger partial charge in [0.1, 0.15) is 6.61 Å². The Labute approximate surface area is 81.7 Å². The summed E-state index contributed by atoms with van der Waals surface area (Å²) in [6.45, 7) is 8.87. The SMILES string of the molecule is CC=CC=C(C)OCCNCCC. The van der Waals surface area contributed by atoms with Crippen molar-refractivity contribution < 1.29 is 4.74 Å². The third-order valence-electron chi connectivity index (χ3n) is 1.56. The fourth-order valence-corrected chi connectivity index (χ4v) is 0.866. The molecule has 76 valence electrons. The van der Waals surface area contributed by atoms with Crippen molar-refractivity contribution in [1.82, 2.24) is 5.32 Å². The zero-order valence-corrected chi connectivity index (χ0v) is 8.97. The van der Waals surface area contributed by atoms with Gasteiger partial charge in [-0.05, 0) is 32.9 Å². The van der Waals surface area contributed by atoms with Crippen molar-refractivity contribution in [3.63, 3.8) is 0 Å². The first-order valence-corrected chi connectivity index (χ1v) is 4.94. The molecule has 0 radical (unpaired) electrons. The molecule has 2 heteroatoms. The second kappa shape index (κ2) is 9.33. The van der Waals surface area contributed by atoms with Crippen molar-refractivity contribution in [3.05, 3.63) is 24.0 Å². The van der Waals surface area contributed by atoms with Gasteiger partial charge in [-0.25, -0.2) is 0 Å². The van der Waals surface area contributed by atoms with Crippen molar-refractivity contribution >= 4 is 0 Å². The number of rotatable bonds is 7. The minimum Gasteiger partial charge on any atom is -0.497 e. The Hall–Kier alpha value is -0.760. The van der Waals surface area contributed by atoms with Gasteiger partial charge in [-0.2, -0.15) is 0 Å². The number of hydrogen-bond donors (Lipinski definition) is 1. The molecular formula is C11H21NO. The Balaban J connectivity index is 3.31. The van der Waals surface area contributed by atoms with Crippen LogP contribution in [0.2, 0.25) is 0 Å². The van der Waals surface area contributed by atoms with Gasteiger partial charge >= 0.3 is 0 Å². The molecule has 0 unspecified atom stereocenters. The maximum atomic E-state index is 5.44. The maximum Gasteiger partial charge on any atom is 0.100 e. The first-order chi connectivity index (χ1) is 6.31. The molecule has 0 bridgehead atoms. The maximum absolute atomic E-state index is 5.44. The summed E-state index contributed by atoms with van der Waals surface area (Å²) in [6, 6.07) is 0. The van der Waals surface area contributed by atoms with Crippen LogP contribution < -0.4 is 5.32 Å². The van der Waals surface area contributed by atoms with Crippen molar-refractivity contribution in [2.24, 2.45) is 0 Å². The molecule has 2 nitrogen and oxygen atoms in total. The zero-order valence-electron chi connectivity index (χ0n) is 8.97. The summed E-state index contributed by atoms with van der Waals surface area (Å²) < 4.78 is 5.44. The van der Waals surface area contributed by atoms with Crippen LogP contribution >= 0.6 is 0 Å². The Bertz CT molecular complexity index is 161. The smallest absolute Gasteiger partial charge is 0.100 e. The fraction of sp³-hybridized carbons (Fsp3) is 0.636. The lowest BCUT2D eigenvalue weighted by Crippen LogP contribution is -2.19. The molecule has 0 aromatic carbocycles. The second-order valence-corrected chi connectivity index (χ2v) is 2.90. The standard InChI is InChI=1S/C11H21NO/c1-4-6-7-11(3)13-10-9-12-8-5-2/h4,6-7,12H,5,8-10H2,1-3H3. The summed E-state index contributed by atoms with van der Waals surface area (Å²) in [4.78, 5) is 0. The third-order valence-corrected chi connectivity index (χ3v) is 1.56. The summed E-state index contributed by atoms with van der Waals surface area (Å²) in [6.07, 6.45) is 7.12. The van der Waals surface area contributed by atoms with Gasteiger partial charge in [0.15, 0.2) is 0 Å². The van der Waals surface area contributed by atoms with E-state index in [0.717, 1.165) is 25.5 Å². The second-order valence-electron chi connectivity index (χ2n) is 2.90. The van der Waals surface area contributed by atoms with Gasteiger partial charge in [0.2, 0.25) is 0 Å². The molecule has 0 aromatic rings. The van der Waals surface area contributed by atoms with Gasteiger partial charge in [-0.3, -0.25) is 0 Å². The highest BCUT2D eigenvalue weighted by Crippen LogP contribution is 1.94. The van der Waals surface area contributed by atoms with Gasteiger partial charge in [0.25, 0.3) is 0 Å². The number of hydrogen-bond acceptors (Lipinski definition) is 2. The first-order valence-electron chi connectivity index (χ1n) is 4.94. The number of ether oxygens (including phenoxy) is 1. The van der Waals surface area contributed by atoms with E-state index in [9.17, 15) is 0 Å². The van der Waals surface area contributed by atoms with Crippen LogP contribution in [0.3, 0.4) is 0 Å². The third kappa shape index (κ3) is 9.15. The van der Waals surface area contributed by atoms with Gasteiger partial charge in [0, 0.05) is 6.54 Å². The zero-order chi connectivity index (χ0) is 9.94. The van der Waals surface area contributed by atoms with Crippen LogP contribution in [0.15, 0.2) is 24.0 Å². The molecule has 0 saturated heterocycles. The van der Waals surface area contributed by atoms with Crippen molar-refractivity contribution in [2.45, 2.75) is 27.2 Å². The minimum atomic E-state index is 0.750. The minimum absolute atomic E-state index is 0.750. The Morgan fingerprint density at radius 1 is 1.38 bits per heavy atom. The molecule has 0 fully saturated rings. The lowest BCUT2D eigenvalue weighted by atomic mass is 10.4. The highest BCUT2D eigenvalue weighted by molar-refractivity contribution is 5.04. The van der Waals surface area contributed by atoms with Crippen LogP contribution in [0.1, 0.15) is 27.2 Å². The lowest BCUT2D eigenvalue weighted by Gasteiger charge is -2.06. The normalized spacial score (nSPS) is 12.4. The Morgan fingerprint density at radius 3 is 2.77 bits per heavy atom. The molecule has 0 saturated carbocycles. The van der Waals surface area contributed by atoms with Crippen LogP contribution in [-0.2, 0) is 4.74 Å². The van der Waals surface area contributed by atoms with Crippen LogP contribution in [0.5, 0.6) is 0 Å². The quantitative estimate of drug-likeness (QED) is 0.372. The van der Waals surface area contributed by atoms with Crippen LogP contribution in [-0.4, -0.2) is 19.7 Å². The van der Waals surface area contributed by atoms with Crippen molar-refractivity contribution in [2.75, 3.05) is 19.7 Å². The van der Waals surface area contributed by atoms with E-state index in [0.29, 0.717) is 0 Å². The number of nitrogens with one attached hydrogen (secondary N) is 1. The molecule has 0 atom stereocenters. The predicted molar refractivity (Wildman–Crippen MR) is 57.7 cm³/mol. The average Bonchev–Trinajstić information content (AvgIpc) is 2.14. The van der Waals surface area contributed by atoms with Gasteiger partial charge < -0.3 is 10.1 Å². The lowest BCUT2D eigenvalue weighted by molar-refractivity contribution is 0.215. The van der Waals surface area contributed by atoms with E-state index in [4.69, 9.17) is 4.74 Å². The Morgan fingerprint density at radius 2 is 2.15 bits per heavy atom. The van der Waals surface area contributed by atoms with E-state index in [1.54, 1.807) is 0 Å². The van der Waals surface area contributed by atoms with Gasteiger partial charge in [-0.15, -0.1) is 0 Å². The molecule has 0 spiro atoms. The number of allylic oxidation sites excluding steroid dienone is 4. The molecule has 0 heterocycles. The van der Waals surface area contributed by atoms with E-state index in [2.05, 4.69) is 12.2 Å². The topological polar surface area (TPSA) is 21.3 Å². The summed E-state index contributed by atoms with van der Waals surface area (Å²) in [5, 5.41) is 3.28. The van der Waals surface area contributed by atoms with Crippen molar-refractivity contribution in [3.8, 4) is 0 Å². The van der Waals surface area contributed by atoms with Gasteiger partial charge in [-0.1, -0.05) is 19.1 Å². The Kier molecular flexibility index (Phi) is 8.78. The molecule has 0 rings (SSSR count). The van der Waals surface area contributed by atoms with E-state index in [1.165, 1.54) is 6.42 Å². The summed E-state index contributed by atoms with van der Waals surface area (Å²) in [7, 11) is 0. The fourth-order valence-electron chi connectivity index (χ4n) is 0.866. The van der Waals surface area contributed by atoms with E-state index >= 15 is 0 Å². The molecule has 1 N–H and O–H groups in total. The van der Waals surface area contributed by atoms with Crippen LogP contribution in [0.25, 0.3) is 0 Å². The average molecular weight is 183 g/mol. The molecular weight excluding hydrogens is 162 g/mol. The molecule has 0 aliphatic heterocycles. The molecule has 0 aliphatic rings. The van der Waals surface area contributed by atoms with Crippen LogP contribution in [0.4, 0.5) is 0 Å². The van der Waals surface area contributed by atoms with E-state index in [-0.39, 0.29) is 0 Å². The largest absolute Gasteiger partial charge is 0.497 e. The predicted octanol–water partition coefficient (Wildman–Crippen LogP) is 2.48. The summed E-state index contributed by atoms with van der Waals surface area (Å²) >= 11 is 0. The van der Waals surface area contributed by atoms with Gasteiger partial charge in [0.05, 0.1) is 5.76 Å². The van der Waals surface area contributed by atoms with E-state index in [1.807, 2.05) is 32.1 Å². The van der Waals surface area contributed by atoms with Crippen LogP contribution in [0, 0.1) is 0 Å². The molecule has 0 amide bonds. The summed E-state index contributed by atoms with van der Waals surface area (Å²) in [5.41, 5.74) is 0. The van der Waals surface area contributed by atoms with E-state index < -0.39 is 0 Å². The van der Waals surface area contributed by atoms with Crippen molar-refractivity contribution in [1.29, 1.82) is 0 Å². The summed E-state index contributed by atoms with van der Waals surface area (Å²) in [5.74, 6) is 0.969. The highest BCUT2D eigenvalue weighted by atomic mass is 16.5. The molecule has 13 heavy (non-hydrogen) atoms. The molecule has 0 aliphatic carbocycles.